The SMILES string of the molecule is Fc1cc(F)c2ncsc2c1. The Bertz CT molecular complexity index is 396. The number of fused-ring (bicyclic) bond motifs is 1. The molecule has 0 aliphatic rings. The van der Waals surface area contributed by atoms with Gasteiger partial charge in [-0.05, 0) is 6.07 Å². The van der Waals surface area contributed by atoms with Gasteiger partial charge in [0.1, 0.15) is 11.3 Å². The van der Waals surface area contributed by atoms with Crippen molar-refractivity contribution in [1.29, 1.82) is 0 Å². The molecule has 56 valence electrons. The fourth-order valence-corrected chi connectivity index (χ4v) is 1.61. The molecule has 1 aromatic heterocycles. The van der Waals surface area contributed by atoms with Gasteiger partial charge < -0.3 is 0 Å². The smallest absolute Gasteiger partial charge is 0.153 e. The molecule has 4 heteroatoms. The number of halogens is 2. The Morgan fingerprint density at radius 2 is 2.09 bits per heavy atom. The first kappa shape index (κ1) is 6.67. The van der Waals surface area contributed by atoms with E-state index in [1.165, 1.54) is 22.9 Å². The van der Waals surface area contributed by atoms with E-state index in [0.29, 0.717) is 4.70 Å². The van der Waals surface area contributed by atoms with Crippen LogP contribution in [0.2, 0.25) is 0 Å². The monoisotopic (exact) mass is 171 g/mol. The van der Waals surface area contributed by atoms with Crippen molar-refractivity contribution in [2.45, 2.75) is 0 Å². The summed E-state index contributed by atoms with van der Waals surface area (Å²) in [6, 6.07) is 2.11. The summed E-state index contributed by atoms with van der Waals surface area (Å²) >= 11 is 1.22. The molecule has 2 rings (SSSR count). The van der Waals surface area contributed by atoms with Crippen molar-refractivity contribution >= 4 is 21.6 Å². The first-order valence-electron chi connectivity index (χ1n) is 2.95. The van der Waals surface area contributed by atoms with Crippen LogP contribution >= 0.6 is 11.3 Å². The van der Waals surface area contributed by atoms with Gasteiger partial charge in [0.2, 0.25) is 0 Å². The van der Waals surface area contributed by atoms with Crippen LogP contribution in [0.25, 0.3) is 10.2 Å². The average molecular weight is 171 g/mol. The number of hydrogen-bond acceptors (Lipinski definition) is 2. The Kier molecular flexibility index (Phi) is 1.35. The van der Waals surface area contributed by atoms with E-state index in [9.17, 15) is 8.78 Å². The molecule has 1 heterocycles. The van der Waals surface area contributed by atoms with Gasteiger partial charge in [-0.1, -0.05) is 0 Å². The third kappa shape index (κ3) is 0.991. The molecule has 1 nitrogen and oxygen atoms in total. The van der Waals surface area contributed by atoms with Gasteiger partial charge in [-0.2, -0.15) is 0 Å². The van der Waals surface area contributed by atoms with Gasteiger partial charge in [-0.25, -0.2) is 13.8 Å². The Hall–Kier alpha value is -1.03. The molecule has 2 aromatic rings. The highest BCUT2D eigenvalue weighted by Crippen LogP contribution is 2.21. The molecule has 11 heavy (non-hydrogen) atoms. The standard InChI is InChI=1S/C7H3F2NS/c8-4-1-5(9)7-6(2-4)11-3-10-7/h1-3H. The predicted octanol–water partition coefficient (Wildman–Crippen LogP) is 2.57. The minimum absolute atomic E-state index is 0.247. The maximum Gasteiger partial charge on any atom is 0.153 e. The van der Waals surface area contributed by atoms with Gasteiger partial charge in [0, 0.05) is 6.07 Å². The highest BCUT2D eigenvalue weighted by Gasteiger charge is 2.04. The molecule has 0 N–H and O–H groups in total. The number of benzene rings is 1. The van der Waals surface area contributed by atoms with Crippen LogP contribution in [-0.4, -0.2) is 4.98 Å². The summed E-state index contributed by atoms with van der Waals surface area (Å²) in [5.74, 6) is -1.15. The van der Waals surface area contributed by atoms with Gasteiger partial charge in [-0.3, -0.25) is 0 Å². The summed E-state index contributed by atoms with van der Waals surface area (Å²) in [6.45, 7) is 0. The number of thiazole rings is 1. The lowest BCUT2D eigenvalue weighted by Gasteiger charge is -1.90. The van der Waals surface area contributed by atoms with Crippen LogP contribution in [0.15, 0.2) is 17.6 Å². The Labute approximate surface area is 65.3 Å². The van der Waals surface area contributed by atoms with Crippen LogP contribution in [0, 0.1) is 11.6 Å². The van der Waals surface area contributed by atoms with Crippen LogP contribution in [0.1, 0.15) is 0 Å². The summed E-state index contributed by atoms with van der Waals surface area (Å²) in [7, 11) is 0. The Morgan fingerprint density at radius 1 is 1.27 bits per heavy atom. The highest BCUT2D eigenvalue weighted by molar-refractivity contribution is 7.16. The zero-order valence-corrected chi connectivity index (χ0v) is 6.16. The van der Waals surface area contributed by atoms with Crippen molar-refractivity contribution in [2.75, 3.05) is 0 Å². The second kappa shape index (κ2) is 2.23. The van der Waals surface area contributed by atoms with Crippen LogP contribution in [-0.2, 0) is 0 Å². The van der Waals surface area contributed by atoms with Crippen molar-refractivity contribution < 1.29 is 8.78 Å². The van der Waals surface area contributed by atoms with Crippen molar-refractivity contribution in [3.8, 4) is 0 Å². The minimum atomic E-state index is -0.596. The zero-order valence-electron chi connectivity index (χ0n) is 5.34. The Morgan fingerprint density at radius 3 is 2.91 bits per heavy atom. The lowest BCUT2D eigenvalue weighted by molar-refractivity contribution is 0.591. The second-order valence-corrected chi connectivity index (χ2v) is 2.97. The van der Waals surface area contributed by atoms with Crippen molar-refractivity contribution in [3.05, 3.63) is 29.3 Å². The predicted molar refractivity (Wildman–Crippen MR) is 39.5 cm³/mol. The molecule has 1 aromatic carbocycles. The Balaban J connectivity index is 2.91. The molecule has 0 aliphatic heterocycles. The number of nitrogens with zero attached hydrogens (tertiary/aromatic N) is 1. The van der Waals surface area contributed by atoms with E-state index >= 15 is 0 Å². The number of hydrogen-bond donors (Lipinski definition) is 0. The molecule has 0 spiro atoms. The average Bonchev–Trinajstić information content (AvgIpc) is 2.34. The van der Waals surface area contributed by atoms with Crippen molar-refractivity contribution in [3.63, 3.8) is 0 Å². The van der Waals surface area contributed by atoms with Gasteiger partial charge in [0.15, 0.2) is 5.82 Å². The lowest BCUT2D eigenvalue weighted by Crippen LogP contribution is -1.79. The van der Waals surface area contributed by atoms with Crippen molar-refractivity contribution in [2.24, 2.45) is 0 Å². The third-order valence-electron chi connectivity index (χ3n) is 1.35. The summed E-state index contributed by atoms with van der Waals surface area (Å²) in [4.78, 5) is 3.74. The molecular formula is C7H3F2NS. The van der Waals surface area contributed by atoms with Crippen molar-refractivity contribution in [1.82, 2.24) is 4.98 Å². The summed E-state index contributed by atoms with van der Waals surface area (Å²) in [5, 5.41) is 0. The third-order valence-corrected chi connectivity index (χ3v) is 2.13. The normalized spacial score (nSPS) is 10.7. The number of aromatic nitrogens is 1. The molecule has 0 aliphatic carbocycles. The van der Waals surface area contributed by atoms with Crippen LogP contribution in [0.3, 0.4) is 0 Å². The first-order valence-corrected chi connectivity index (χ1v) is 3.83. The van der Waals surface area contributed by atoms with E-state index < -0.39 is 11.6 Å². The molecule has 0 saturated heterocycles. The quantitative estimate of drug-likeness (QED) is 0.593. The summed E-state index contributed by atoms with van der Waals surface area (Å²) < 4.78 is 25.8. The molecule has 0 atom stereocenters. The molecule has 0 fully saturated rings. The van der Waals surface area contributed by atoms with E-state index in [4.69, 9.17) is 0 Å². The molecule has 0 radical (unpaired) electrons. The van der Waals surface area contributed by atoms with E-state index in [-0.39, 0.29) is 5.52 Å². The molecule has 0 amide bonds. The van der Waals surface area contributed by atoms with Crippen LogP contribution in [0.5, 0.6) is 0 Å². The minimum Gasteiger partial charge on any atom is -0.242 e. The zero-order chi connectivity index (χ0) is 7.84. The van der Waals surface area contributed by atoms with Gasteiger partial charge >= 0.3 is 0 Å². The fourth-order valence-electron chi connectivity index (χ4n) is 0.893. The van der Waals surface area contributed by atoms with Crippen LogP contribution < -0.4 is 0 Å². The van der Waals surface area contributed by atoms with Gasteiger partial charge in [0.05, 0.1) is 10.2 Å². The summed E-state index contributed by atoms with van der Waals surface area (Å²) in [5.41, 5.74) is 1.74. The second-order valence-electron chi connectivity index (χ2n) is 2.09. The topological polar surface area (TPSA) is 12.9 Å². The molecular weight excluding hydrogens is 168 g/mol. The maximum atomic E-state index is 12.8. The molecule has 0 unspecified atom stereocenters. The number of rotatable bonds is 0. The maximum absolute atomic E-state index is 12.8. The highest BCUT2D eigenvalue weighted by atomic mass is 32.1. The fraction of sp³-hybridized carbons (Fsp3) is 0. The van der Waals surface area contributed by atoms with Gasteiger partial charge in [-0.15, -0.1) is 11.3 Å². The van der Waals surface area contributed by atoms with Gasteiger partial charge in [0.25, 0.3) is 0 Å². The van der Waals surface area contributed by atoms with E-state index in [1.54, 1.807) is 0 Å². The molecule has 0 bridgehead atoms. The summed E-state index contributed by atoms with van der Waals surface area (Å²) in [6.07, 6.45) is 0. The molecule has 0 saturated carbocycles. The van der Waals surface area contributed by atoms with E-state index in [2.05, 4.69) is 4.98 Å². The largest absolute Gasteiger partial charge is 0.242 e. The van der Waals surface area contributed by atoms with Crippen LogP contribution in [0.4, 0.5) is 8.78 Å². The first-order chi connectivity index (χ1) is 5.27. The van der Waals surface area contributed by atoms with E-state index in [0.717, 1.165) is 6.07 Å². The van der Waals surface area contributed by atoms with E-state index in [1.807, 2.05) is 0 Å². The lowest BCUT2D eigenvalue weighted by atomic mass is 10.3.